The molecule has 0 aliphatic carbocycles. The van der Waals surface area contributed by atoms with Crippen LogP contribution in [0.2, 0.25) is 0 Å². The molecule has 14 heteroatoms. The van der Waals surface area contributed by atoms with Gasteiger partial charge < -0.3 is 32.4 Å². The molecule has 0 saturated carbocycles. The molecule has 13 nitrogen and oxygen atoms in total. The number of guanidine groups is 1. The van der Waals surface area contributed by atoms with E-state index in [-0.39, 0.29) is 62.1 Å². The minimum absolute atomic E-state index is 0.0900. The van der Waals surface area contributed by atoms with E-state index in [1.807, 2.05) is 54.6 Å². The van der Waals surface area contributed by atoms with Gasteiger partial charge in [0.15, 0.2) is 17.5 Å². The van der Waals surface area contributed by atoms with Gasteiger partial charge in [-0.1, -0.05) is 42.5 Å². The molecule has 2 aromatic carbocycles. The molecule has 3 rings (SSSR count). The molecule has 0 radical (unpaired) electrons. The van der Waals surface area contributed by atoms with Gasteiger partial charge in [0.25, 0.3) is 0 Å². The van der Waals surface area contributed by atoms with Gasteiger partial charge in [-0.2, -0.15) is 0 Å². The second-order valence-electron chi connectivity index (χ2n) is 11.6. The number of benzene rings is 2. The van der Waals surface area contributed by atoms with Crippen LogP contribution in [-0.4, -0.2) is 69.9 Å². The average molecular weight is 771 g/mol. The average Bonchev–Trinajstić information content (AvgIpc) is 3.55. The third-order valence-electron chi connectivity index (χ3n) is 7.64. The van der Waals surface area contributed by atoms with Crippen LogP contribution in [0.4, 0.5) is 0 Å². The number of nitrogens with one attached hydrogen (secondary N) is 4. The number of aromatic amines is 1. The summed E-state index contributed by atoms with van der Waals surface area (Å²) in [6.07, 6.45) is 4.06. The van der Waals surface area contributed by atoms with E-state index in [1.54, 1.807) is 6.20 Å². The lowest BCUT2D eigenvalue weighted by Gasteiger charge is -2.25. The third kappa shape index (κ3) is 13.3. The SMILES string of the molecule is CC(=O)N[C@H](Cc1ccccc1)C(=O)N[C@@H](Cc1ccc(I)cc1)C(=O)C[C@H](CCCN=C(N)N)C(=O)N[C@H](Cc1cnc[nH]1)C(C)=O. The molecule has 0 aliphatic rings. The van der Waals surface area contributed by atoms with Crippen LogP contribution < -0.4 is 27.4 Å². The van der Waals surface area contributed by atoms with Crippen molar-refractivity contribution in [3.8, 4) is 0 Å². The fraction of sp³-hybridized carbons (Fsp3) is 0.382. The van der Waals surface area contributed by atoms with Crippen LogP contribution in [0, 0.1) is 9.49 Å². The van der Waals surface area contributed by atoms with E-state index in [0.29, 0.717) is 12.1 Å². The molecule has 0 unspecified atom stereocenters. The van der Waals surface area contributed by atoms with Gasteiger partial charge in [-0.15, -0.1) is 0 Å². The van der Waals surface area contributed by atoms with Gasteiger partial charge >= 0.3 is 0 Å². The lowest BCUT2D eigenvalue weighted by molar-refractivity contribution is -0.134. The molecule has 0 bridgehead atoms. The zero-order valence-electron chi connectivity index (χ0n) is 27.1. The Kier molecular flexibility index (Phi) is 15.2. The predicted octanol–water partition coefficient (Wildman–Crippen LogP) is 1.73. The Balaban J connectivity index is 1.86. The van der Waals surface area contributed by atoms with Crippen molar-refractivity contribution in [2.45, 2.75) is 70.5 Å². The van der Waals surface area contributed by atoms with Gasteiger partial charge in [0, 0.05) is 54.1 Å². The summed E-state index contributed by atoms with van der Waals surface area (Å²) < 4.78 is 1.00. The normalized spacial score (nSPS) is 13.3. The number of Topliss-reactive ketones (excluding diaryl/α,β-unsaturated/α-hetero) is 2. The molecule has 48 heavy (non-hydrogen) atoms. The Hall–Kier alpha value is -4.60. The second kappa shape index (κ2) is 19.3. The number of hydrogen-bond donors (Lipinski definition) is 6. The first-order chi connectivity index (χ1) is 22.9. The van der Waals surface area contributed by atoms with E-state index in [0.717, 1.165) is 14.7 Å². The van der Waals surface area contributed by atoms with E-state index < -0.39 is 35.9 Å². The molecular formula is C34H43IN8O5. The van der Waals surface area contributed by atoms with Gasteiger partial charge in [0.1, 0.15) is 6.04 Å². The number of hydrogen-bond acceptors (Lipinski definition) is 7. The molecule has 1 aromatic heterocycles. The number of aliphatic imine (C=N–C) groups is 1. The highest BCUT2D eigenvalue weighted by Gasteiger charge is 2.31. The Bertz CT molecular complexity index is 1540. The summed E-state index contributed by atoms with van der Waals surface area (Å²) in [5.41, 5.74) is 13.2. The van der Waals surface area contributed by atoms with Gasteiger partial charge in [0.05, 0.1) is 18.4 Å². The molecule has 0 aliphatic heterocycles. The number of carbonyl (C=O) groups is 5. The zero-order chi connectivity index (χ0) is 35.1. The van der Waals surface area contributed by atoms with E-state index in [9.17, 15) is 24.0 Å². The quantitative estimate of drug-likeness (QED) is 0.0456. The van der Waals surface area contributed by atoms with Crippen molar-refractivity contribution >= 4 is 57.8 Å². The maximum absolute atomic E-state index is 14.1. The molecule has 8 N–H and O–H groups in total. The fourth-order valence-electron chi connectivity index (χ4n) is 5.14. The fourth-order valence-corrected chi connectivity index (χ4v) is 5.50. The minimum atomic E-state index is -1.01. The Morgan fingerprint density at radius 3 is 2.08 bits per heavy atom. The number of amides is 3. The summed E-state index contributed by atoms with van der Waals surface area (Å²) in [7, 11) is 0. The molecule has 3 amide bonds. The maximum atomic E-state index is 14.1. The van der Waals surface area contributed by atoms with Crippen molar-refractivity contribution in [2.24, 2.45) is 22.4 Å². The van der Waals surface area contributed by atoms with Crippen LogP contribution in [0.1, 0.15) is 49.9 Å². The Morgan fingerprint density at radius 2 is 1.48 bits per heavy atom. The van der Waals surface area contributed by atoms with E-state index in [4.69, 9.17) is 11.5 Å². The molecule has 0 fully saturated rings. The molecule has 0 spiro atoms. The lowest BCUT2D eigenvalue weighted by Crippen LogP contribution is -2.53. The number of H-pyrrole nitrogens is 1. The van der Waals surface area contributed by atoms with Crippen LogP contribution in [0.25, 0.3) is 0 Å². The highest BCUT2D eigenvalue weighted by Crippen LogP contribution is 2.18. The summed E-state index contributed by atoms with van der Waals surface area (Å²) in [5, 5.41) is 8.36. The van der Waals surface area contributed by atoms with Gasteiger partial charge in [0.2, 0.25) is 17.7 Å². The van der Waals surface area contributed by atoms with Crippen LogP contribution in [-0.2, 0) is 43.2 Å². The summed E-state index contributed by atoms with van der Waals surface area (Å²) in [5.74, 6) is -2.96. The number of carbonyl (C=O) groups excluding carboxylic acids is 5. The number of halogens is 1. The summed E-state index contributed by atoms with van der Waals surface area (Å²) in [6, 6.07) is 14.0. The highest BCUT2D eigenvalue weighted by molar-refractivity contribution is 14.1. The number of ketones is 2. The number of nitrogens with two attached hydrogens (primary N) is 2. The molecular weight excluding hydrogens is 727 g/mol. The monoisotopic (exact) mass is 770 g/mol. The number of nitrogens with zero attached hydrogens (tertiary/aromatic N) is 2. The van der Waals surface area contributed by atoms with Crippen molar-refractivity contribution in [1.82, 2.24) is 25.9 Å². The first-order valence-corrected chi connectivity index (χ1v) is 16.7. The van der Waals surface area contributed by atoms with Crippen molar-refractivity contribution in [3.05, 3.63) is 87.5 Å². The summed E-state index contributed by atoms with van der Waals surface area (Å²) >= 11 is 2.18. The molecule has 0 saturated heterocycles. The lowest BCUT2D eigenvalue weighted by atomic mass is 9.90. The highest BCUT2D eigenvalue weighted by atomic mass is 127. The van der Waals surface area contributed by atoms with Crippen molar-refractivity contribution in [3.63, 3.8) is 0 Å². The van der Waals surface area contributed by atoms with Gasteiger partial charge in [-0.25, -0.2) is 4.98 Å². The number of aromatic nitrogens is 2. The number of rotatable bonds is 19. The summed E-state index contributed by atoms with van der Waals surface area (Å²) in [6.45, 7) is 2.95. The minimum Gasteiger partial charge on any atom is -0.370 e. The topological polar surface area (TPSA) is 215 Å². The molecule has 256 valence electrons. The van der Waals surface area contributed by atoms with Crippen LogP contribution in [0.5, 0.6) is 0 Å². The zero-order valence-corrected chi connectivity index (χ0v) is 29.2. The van der Waals surface area contributed by atoms with Gasteiger partial charge in [-0.05, 0) is 72.0 Å². The van der Waals surface area contributed by atoms with E-state index >= 15 is 0 Å². The second-order valence-corrected chi connectivity index (χ2v) is 12.8. The van der Waals surface area contributed by atoms with E-state index in [2.05, 4.69) is 53.5 Å². The molecule has 1 heterocycles. The number of imidazole rings is 1. The summed E-state index contributed by atoms with van der Waals surface area (Å²) in [4.78, 5) is 76.8. The first kappa shape index (κ1) is 37.9. The van der Waals surface area contributed by atoms with Crippen LogP contribution in [0.3, 0.4) is 0 Å². The van der Waals surface area contributed by atoms with Crippen LogP contribution >= 0.6 is 22.6 Å². The van der Waals surface area contributed by atoms with Crippen molar-refractivity contribution in [2.75, 3.05) is 6.54 Å². The van der Waals surface area contributed by atoms with Crippen LogP contribution in [0.15, 0.2) is 72.1 Å². The predicted molar refractivity (Wildman–Crippen MR) is 190 cm³/mol. The maximum Gasteiger partial charge on any atom is 0.243 e. The Labute approximate surface area is 293 Å². The third-order valence-corrected chi connectivity index (χ3v) is 8.36. The standard InChI is InChI=1S/C34H43IN8O5/c1-21(44)28(18-27-19-38-20-40-27)42-32(47)25(9-6-14-39-34(36)37)17-31(46)29(15-24-10-12-26(35)13-11-24)43-33(48)30(41-22(2)45)16-23-7-4-3-5-8-23/h3-5,7-8,10-13,19-20,25,28-30H,6,9,14-18H2,1-2H3,(H,38,40)(H,41,45)(H,42,47)(H,43,48)(H4,36,37,39)/t25-,28+,29-,30+/m0/s1. The smallest absolute Gasteiger partial charge is 0.243 e. The first-order valence-electron chi connectivity index (χ1n) is 15.6. The molecule has 3 aromatic rings. The molecule has 4 atom stereocenters. The van der Waals surface area contributed by atoms with Crippen molar-refractivity contribution in [1.29, 1.82) is 0 Å². The van der Waals surface area contributed by atoms with Gasteiger partial charge in [-0.3, -0.25) is 29.0 Å². The van der Waals surface area contributed by atoms with Crippen molar-refractivity contribution < 1.29 is 24.0 Å². The largest absolute Gasteiger partial charge is 0.370 e. The van der Waals surface area contributed by atoms with E-state index in [1.165, 1.54) is 20.2 Å². The Morgan fingerprint density at radius 1 is 0.833 bits per heavy atom.